The van der Waals surface area contributed by atoms with Crippen molar-refractivity contribution >= 4 is 16.9 Å². The van der Waals surface area contributed by atoms with Gasteiger partial charge in [0.1, 0.15) is 12.6 Å². The van der Waals surface area contributed by atoms with E-state index in [1.165, 1.54) is 0 Å². The zero-order valence-electron chi connectivity index (χ0n) is 16.5. The van der Waals surface area contributed by atoms with Crippen molar-refractivity contribution in [1.29, 1.82) is 0 Å². The molecular formula is C23H24N2O4. The van der Waals surface area contributed by atoms with Gasteiger partial charge in [-0.05, 0) is 41.8 Å². The van der Waals surface area contributed by atoms with Crippen LogP contribution in [0.25, 0.3) is 10.9 Å². The Morgan fingerprint density at radius 2 is 2.03 bits per heavy atom. The molecular weight excluding hydrogens is 368 g/mol. The highest BCUT2D eigenvalue weighted by molar-refractivity contribution is 5.87. The molecule has 6 nitrogen and oxygen atoms in total. The van der Waals surface area contributed by atoms with Crippen molar-refractivity contribution < 1.29 is 19.4 Å². The van der Waals surface area contributed by atoms with Gasteiger partial charge in [0.25, 0.3) is 0 Å². The van der Waals surface area contributed by atoms with Gasteiger partial charge in [0.05, 0.1) is 13.2 Å². The van der Waals surface area contributed by atoms with Crippen molar-refractivity contribution in [1.82, 2.24) is 10.3 Å². The predicted molar refractivity (Wildman–Crippen MR) is 112 cm³/mol. The van der Waals surface area contributed by atoms with E-state index in [9.17, 15) is 9.90 Å². The summed E-state index contributed by atoms with van der Waals surface area (Å²) in [6, 6.07) is 12.7. The summed E-state index contributed by atoms with van der Waals surface area (Å²) >= 11 is 0. The van der Waals surface area contributed by atoms with E-state index in [0.29, 0.717) is 24.5 Å². The molecule has 3 aromatic rings. The highest BCUT2D eigenvalue weighted by Crippen LogP contribution is 2.38. The predicted octanol–water partition coefficient (Wildman–Crippen LogP) is 3.82. The Bertz CT molecular complexity index is 1090. The summed E-state index contributed by atoms with van der Waals surface area (Å²) in [5.41, 5.74) is 4.85. The molecule has 2 aromatic carbocycles. The van der Waals surface area contributed by atoms with Gasteiger partial charge in [-0.1, -0.05) is 30.8 Å². The summed E-state index contributed by atoms with van der Waals surface area (Å²) in [4.78, 5) is 15.3. The highest BCUT2D eigenvalue weighted by Gasteiger charge is 2.34. The number of carboxylic acid groups (broad SMARTS) is 1. The zero-order valence-corrected chi connectivity index (χ0v) is 16.5. The third-order valence-electron chi connectivity index (χ3n) is 5.20. The van der Waals surface area contributed by atoms with Gasteiger partial charge in [-0.25, -0.2) is 0 Å². The standard InChI is InChI=1S/C23H24N2O4/c1-13(2)12-29-19-9-8-14(10-20(19)28-3)21-22-16(11-18(25-21)23(26)27)15-6-4-5-7-17(15)24-22/h4-10,18,21,24-25H,1,11-12H2,2-3H3,(H,26,27). The number of aromatic nitrogens is 1. The average Bonchev–Trinajstić information content (AvgIpc) is 3.10. The molecule has 6 heteroatoms. The first-order chi connectivity index (χ1) is 14.0. The van der Waals surface area contributed by atoms with Gasteiger partial charge < -0.3 is 19.6 Å². The van der Waals surface area contributed by atoms with Gasteiger partial charge >= 0.3 is 5.97 Å². The van der Waals surface area contributed by atoms with Crippen molar-refractivity contribution in [2.45, 2.75) is 25.4 Å². The van der Waals surface area contributed by atoms with Crippen LogP contribution < -0.4 is 14.8 Å². The van der Waals surface area contributed by atoms with Crippen molar-refractivity contribution in [2.24, 2.45) is 0 Å². The molecule has 1 aliphatic heterocycles. The Labute approximate surface area is 169 Å². The summed E-state index contributed by atoms with van der Waals surface area (Å²) in [6.07, 6.45) is 0.433. The minimum Gasteiger partial charge on any atom is -0.493 e. The fourth-order valence-corrected chi connectivity index (χ4v) is 3.84. The van der Waals surface area contributed by atoms with E-state index in [1.54, 1.807) is 7.11 Å². The Kier molecular flexibility index (Phi) is 5.03. The molecule has 0 radical (unpaired) electrons. The Hall–Kier alpha value is -3.25. The molecule has 1 aliphatic rings. The topological polar surface area (TPSA) is 83.6 Å². The fourth-order valence-electron chi connectivity index (χ4n) is 3.84. The van der Waals surface area contributed by atoms with Crippen LogP contribution in [0.2, 0.25) is 0 Å². The Balaban J connectivity index is 1.77. The van der Waals surface area contributed by atoms with Crippen LogP contribution in [0.5, 0.6) is 11.5 Å². The molecule has 1 aromatic heterocycles. The zero-order chi connectivity index (χ0) is 20.5. The van der Waals surface area contributed by atoms with Crippen LogP contribution in [0.3, 0.4) is 0 Å². The maximum absolute atomic E-state index is 11.8. The van der Waals surface area contributed by atoms with E-state index in [1.807, 2.05) is 49.4 Å². The number of carbonyl (C=O) groups is 1. The SMILES string of the molecule is C=C(C)COc1ccc(C2NC(C(=O)O)Cc3c2[nH]c2ccccc32)cc1OC. The summed E-state index contributed by atoms with van der Waals surface area (Å²) in [7, 11) is 1.59. The number of hydrogen-bond acceptors (Lipinski definition) is 4. The smallest absolute Gasteiger partial charge is 0.321 e. The number of ether oxygens (including phenoxy) is 2. The lowest BCUT2D eigenvalue weighted by Gasteiger charge is -2.30. The number of fused-ring (bicyclic) bond motifs is 3. The minimum absolute atomic E-state index is 0.295. The van der Waals surface area contributed by atoms with Crippen molar-refractivity contribution in [3.8, 4) is 11.5 Å². The molecule has 0 fully saturated rings. The van der Waals surface area contributed by atoms with Gasteiger partial charge in [-0.3, -0.25) is 10.1 Å². The maximum Gasteiger partial charge on any atom is 0.321 e. The molecule has 29 heavy (non-hydrogen) atoms. The molecule has 0 amide bonds. The van der Waals surface area contributed by atoms with Crippen LogP contribution in [0, 0.1) is 0 Å². The van der Waals surface area contributed by atoms with Gasteiger partial charge in [0.2, 0.25) is 0 Å². The number of aliphatic carboxylic acids is 1. The minimum atomic E-state index is -0.862. The second-order valence-electron chi connectivity index (χ2n) is 7.41. The molecule has 2 atom stereocenters. The van der Waals surface area contributed by atoms with Crippen LogP contribution >= 0.6 is 0 Å². The maximum atomic E-state index is 11.8. The first kappa shape index (κ1) is 19.1. The molecule has 0 saturated carbocycles. The van der Waals surface area contributed by atoms with Gasteiger partial charge in [-0.15, -0.1) is 0 Å². The van der Waals surface area contributed by atoms with Crippen molar-refractivity contribution in [3.63, 3.8) is 0 Å². The van der Waals surface area contributed by atoms with Crippen LogP contribution in [0.15, 0.2) is 54.6 Å². The van der Waals surface area contributed by atoms with Crippen molar-refractivity contribution in [3.05, 3.63) is 71.4 Å². The first-order valence-electron chi connectivity index (χ1n) is 9.51. The van der Waals surface area contributed by atoms with Crippen molar-refractivity contribution in [2.75, 3.05) is 13.7 Å². The monoisotopic (exact) mass is 392 g/mol. The molecule has 3 N–H and O–H groups in total. The Morgan fingerprint density at radius 3 is 2.76 bits per heavy atom. The lowest BCUT2D eigenvalue weighted by molar-refractivity contribution is -0.139. The number of carboxylic acids is 1. The van der Waals surface area contributed by atoms with Gasteiger partial charge in [-0.2, -0.15) is 0 Å². The number of nitrogens with one attached hydrogen (secondary N) is 2. The molecule has 0 aliphatic carbocycles. The second-order valence-corrected chi connectivity index (χ2v) is 7.41. The fraction of sp³-hybridized carbons (Fsp3) is 0.261. The van der Waals surface area contributed by atoms with E-state index >= 15 is 0 Å². The van der Waals surface area contributed by atoms with Crippen LogP contribution in [-0.2, 0) is 11.2 Å². The number of H-pyrrole nitrogens is 1. The summed E-state index contributed by atoms with van der Waals surface area (Å²) < 4.78 is 11.3. The second kappa shape index (κ2) is 7.64. The number of methoxy groups -OCH3 is 1. The number of rotatable bonds is 6. The first-order valence-corrected chi connectivity index (χ1v) is 9.51. The number of hydrogen-bond donors (Lipinski definition) is 3. The van der Waals surface area contributed by atoms with Crippen LogP contribution in [0.4, 0.5) is 0 Å². The summed E-state index contributed by atoms with van der Waals surface area (Å²) in [6.45, 7) is 6.16. The third-order valence-corrected chi connectivity index (χ3v) is 5.20. The molecule has 0 spiro atoms. The molecule has 2 unspecified atom stereocenters. The Morgan fingerprint density at radius 1 is 1.24 bits per heavy atom. The third kappa shape index (κ3) is 3.59. The van der Waals surface area contributed by atoms with E-state index in [-0.39, 0.29) is 6.04 Å². The lowest BCUT2D eigenvalue weighted by atomic mass is 9.90. The summed E-state index contributed by atoms with van der Waals surface area (Å²) in [5.74, 6) is 0.363. The van der Waals surface area contributed by atoms with Crippen LogP contribution in [0.1, 0.15) is 29.8 Å². The molecule has 4 rings (SSSR count). The quantitative estimate of drug-likeness (QED) is 0.556. The van der Waals surface area contributed by atoms with E-state index in [2.05, 4.69) is 16.9 Å². The summed E-state index contributed by atoms with van der Waals surface area (Å²) in [5, 5.41) is 14.0. The number of benzene rings is 2. The number of para-hydroxylation sites is 1. The molecule has 150 valence electrons. The highest BCUT2D eigenvalue weighted by atomic mass is 16.5. The van der Waals surface area contributed by atoms with Crippen LogP contribution in [-0.4, -0.2) is 35.8 Å². The van der Waals surface area contributed by atoms with Gasteiger partial charge in [0, 0.05) is 23.0 Å². The van der Waals surface area contributed by atoms with E-state index in [0.717, 1.165) is 33.3 Å². The lowest BCUT2D eigenvalue weighted by Crippen LogP contribution is -2.44. The van der Waals surface area contributed by atoms with E-state index < -0.39 is 12.0 Å². The largest absolute Gasteiger partial charge is 0.493 e. The van der Waals surface area contributed by atoms with Gasteiger partial charge in [0.15, 0.2) is 11.5 Å². The number of aromatic amines is 1. The normalized spacial score (nSPS) is 18.3. The average molecular weight is 392 g/mol. The molecule has 0 bridgehead atoms. The molecule has 0 saturated heterocycles. The van der Waals surface area contributed by atoms with E-state index in [4.69, 9.17) is 9.47 Å². The molecule has 2 heterocycles.